The molecule has 0 unspecified atom stereocenters. The number of carbonyl (C=O) groups excluding carboxylic acids is 1. The first kappa shape index (κ1) is 16.0. The quantitative estimate of drug-likeness (QED) is 0.900. The third kappa shape index (κ3) is 3.55. The second-order valence-electron chi connectivity index (χ2n) is 5.93. The van der Waals surface area contributed by atoms with Gasteiger partial charge in [-0.25, -0.2) is 9.78 Å². The standard InChI is InChI=1S/C16H23N5OS/c1-3-13-10-17-15(23-13)11(2)20-16(22)21-7-5-4-6-14(21)12-8-18-19-9-12/h8-11,14H,3-7H2,1-2H3,(H,18,19)(H,20,22)/t11-,14+/m1/s1. The van der Waals surface area contributed by atoms with Gasteiger partial charge in [-0.1, -0.05) is 6.92 Å². The third-order valence-electron chi connectivity index (χ3n) is 4.30. The number of amides is 2. The normalized spacial score (nSPS) is 19.6. The molecule has 2 N–H and O–H groups in total. The lowest BCUT2D eigenvalue weighted by Crippen LogP contribution is -2.45. The van der Waals surface area contributed by atoms with E-state index in [0.29, 0.717) is 0 Å². The summed E-state index contributed by atoms with van der Waals surface area (Å²) in [5.41, 5.74) is 1.08. The van der Waals surface area contributed by atoms with Crippen molar-refractivity contribution in [3.8, 4) is 0 Å². The fourth-order valence-electron chi connectivity index (χ4n) is 2.98. The van der Waals surface area contributed by atoms with Gasteiger partial charge in [-0.2, -0.15) is 5.10 Å². The van der Waals surface area contributed by atoms with Crippen LogP contribution >= 0.6 is 11.3 Å². The van der Waals surface area contributed by atoms with Gasteiger partial charge in [-0.3, -0.25) is 5.10 Å². The highest BCUT2D eigenvalue weighted by molar-refractivity contribution is 7.11. The maximum absolute atomic E-state index is 12.7. The molecule has 6 nitrogen and oxygen atoms in total. The molecule has 3 heterocycles. The average molecular weight is 333 g/mol. The molecule has 0 aromatic carbocycles. The Balaban J connectivity index is 1.68. The van der Waals surface area contributed by atoms with E-state index in [0.717, 1.165) is 42.8 Å². The minimum atomic E-state index is -0.0697. The number of piperidine rings is 1. The van der Waals surface area contributed by atoms with Crippen LogP contribution in [0.4, 0.5) is 4.79 Å². The lowest BCUT2D eigenvalue weighted by molar-refractivity contribution is 0.149. The first-order valence-electron chi connectivity index (χ1n) is 8.19. The number of urea groups is 1. The minimum absolute atomic E-state index is 0.0170. The van der Waals surface area contributed by atoms with E-state index < -0.39 is 0 Å². The fraction of sp³-hybridized carbons (Fsp3) is 0.562. The number of hydrogen-bond acceptors (Lipinski definition) is 4. The zero-order chi connectivity index (χ0) is 16.2. The maximum Gasteiger partial charge on any atom is 0.318 e. The summed E-state index contributed by atoms with van der Waals surface area (Å²) in [5, 5.41) is 10.9. The fourth-order valence-corrected chi connectivity index (χ4v) is 3.84. The number of hydrogen-bond donors (Lipinski definition) is 2. The van der Waals surface area contributed by atoms with Gasteiger partial charge in [0.25, 0.3) is 0 Å². The number of H-pyrrole nitrogens is 1. The number of aromatic nitrogens is 3. The number of aryl methyl sites for hydroxylation is 1. The maximum atomic E-state index is 12.7. The predicted octanol–water partition coefficient (Wildman–Crippen LogP) is 3.43. The summed E-state index contributed by atoms with van der Waals surface area (Å²) in [7, 11) is 0. The molecular formula is C16H23N5OS. The molecule has 124 valence electrons. The summed E-state index contributed by atoms with van der Waals surface area (Å²) in [6.45, 7) is 4.89. The summed E-state index contributed by atoms with van der Waals surface area (Å²) < 4.78 is 0. The SMILES string of the molecule is CCc1cnc([C@@H](C)NC(=O)N2CCCC[C@H]2c2cn[nH]c2)s1. The van der Waals surface area contributed by atoms with Crippen LogP contribution in [0.2, 0.25) is 0 Å². The number of aromatic amines is 1. The van der Waals surface area contributed by atoms with Crippen molar-refractivity contribution in [2.75, 3.05) is 6.54 Å². The Morgan fingerprint density at radius 3 is 3.09 bits per heavy atom. The Morgan fingerprint density at radius 2 is 2.39 bits per heavy atom. The second kappa shape index (κ2) is 7.12. The largest absolute Gasteiger partial charge is 0.329 e. The van der Waals surface area contributed by atoms with E-state index in [4.69, 9.17) is 0 Å². The second-order valence-corrected chi connectivity index (χ2v) is 7.07. The number of rotatable bonds is 4. The number of carbonyl (C=O) groups is 1. The molecule has 1 fully saturated rings. The van der Waals surface area contributed by atoms with Gasteiger partial charge in [0, 0.05) is 29.4 Å². The van der Waals surface area contributed by atoms with Gasteiger partial charge >= 0.3 is 6.03 Å². The molecule has 1 saturated heterocycles. The third-order valence-corrected chi connectivity index (χ3v) is 5.62. The van der Waals surface area contributed by atoms with Crippen molar-refractivity contribution in [1.29, 1.82) is 0 Å². The van der Waals surface area contributed by atoms with E-state index in [1.165, 1.54) is 4.88 Å². The van der Waals surface area contributed by atoms with E-state index in [1.807, 2.05) is 30.4 Å². The first-order chi connectivity index (χ1) is 11.2. The van der Waals surface area contributed by atoms with Gasteiger partial charge in [0.05, 0.1) is 18.3 Å². The van der Waals surface area contributed by atoms with Crippen molar-refractivity contribution in [3.05, 3.63) is 34.0 Å². The molecule has 0 spiro atoms. The van der Waals surface area contributed by atoms with Gasteiger partial charge in [0.1, 0.15) is 5.01 Å². The minimum Gasteiger partial charge on any atom is -0.329 e. The molecule has 7 heteroatoms. The van der Waals surface area contributed by atoms with Crippen LogP contribution < -0.4 is 5.32 Å². The number of thiazole rings is 1. The summed E-state index contributed by atoms with van der Waals surface area (Å²) in [6.07, 6.45) is 9.75. The lowest BCUT2D eigenvalue weighted by atomic mass is 9.98. The van der Waals surface area contributed by atoms with Gasteiger partial charge in [0.2, 0.25) is 0 Å². The summed E-state index contributed by atoms with van der Waals surface area (Å²) in [5.74, 6) is 0. The highest BCUT2D eigenvalue weighted by atomic mass is 32.1. The van der Waals surface area contributed by atoms with Gasteiger partial charge in [-0.15, -0.1) is 11.3 Å². The Hall–Kier alpha value is -1.89. The van der Waals surface area contributed by atoms with Crippen molar-refractivity contribution in [1.82, 2.24) is 25.4 Å². The van der Waals surface area contributed by atoms with Gasteiger partial charge < -0.3 is 10.2 Å². The highest BCUT2D eigenvalue weighted by Gasteiger charge is 2.29. The molecule has 0 saturated carbocycles. The molecule has 1 aliphatic rings. The highest BCUT2D eigenvalue weighted by Crippen LogP contribution is 2.30. The summed E-state index contributed by atoms with van der Waals surface area (Å²) in [4.78, 5) is 20.3. The average Bonchev–Trinajstić information content (AvgIpc) is 3.26. The number of nitrogens with one attached hydrogen (secondary N) is 2. The molecule has 2 atom stereocenters. The molecule has 2 amide bonds. The van der Waals surface area contributed by atoms with Crippen LogP contribution in [0.15, 0.2) is 18.6 Å². The first-order valence-corrected chi connectivity index (χ1v) is 9.01. The molecule has 0 radical (unpaired) electrons. The van der Waals surface area contributed by atoms with Crippen LogP contribution in [0.25, 0.3) is 0 Å². The van der Waals surface area contributed by atoms with E-state index in [-0.39, 0.29) is 18.1 Å². The molecule has 0 bridgehead atoms. The molecule has 3 rings (SSSR count). The van der Waals surface area contributed by atoms with Crippen LogP contribution in [0.5, 0.6) is 0 Å². The monoisotopic (exact) mass is 333 g/mol. The van der Waals surface area contributed by atoms with Crippen molar-refractivity contribution in [2.45, 2.75) is 51.6 Å². The van der Waals surface area contributed by atoms with E-state index in [9.17, 15) is 4.79 Å². The van der Waals surface area contributed by atoms with Crippen LogP contribution in [0.1, 0.15) is 60.6 Å². The summed E-state index contributed by atoms with van der Waals surface area (Å²) in [6, 6.07) is 0.0218. The molecule has 2 aromatic rings. The Labute approximate surface area is 140 Å². The van der Waals surface area contributed by atoms with E-state index in [2.05, 4.69) is 27.4 Å². The molecular weight excluding hydrogens is 310 g/mol. The van der Waals surface area contributed by atoms with Gasteiger partial charge in [0.15, 0.2) is 0 Å². The van der Waals surface area contributed by atoms with Gasteiger partial charge in [-0.05, 0) is 32.6 Å². The van der Waals surface area contributed by atoms with E-state index >= 15 is 0 Å². The molecule has 23 heavy (non-hydrogen) atoms. The van der Waals surface area contributed by atoms with Crippen molar-refractivity contribution in [2.24, 2.45) is 0 Å². The topological polar surface area (TPSA) is 73.9 Å². The molecule has 1 aliphatic heterocycles. The smallest absolute Gasteiger partial charge is 0.318 e. The molecule has 2 aromatic heterocycles. The summed E-state index contributed by atoms with van der Waals surface area (Å²) >= 11 is 1.67. The number of nitrogens with zero attached hydrogens (tertiary/aromatic N) is 3. The molecule has 0 aliphatic carbocycles. The van der Waals surface area contributed by atoms with Crippen LogP contribution in [0.3, 0.4) is 0 Å². The lowest BCUT2D eigenvalue weighted by Gasteiger charge is -2.35. The van der Waals surface area contributed by atoms with Crippen LogP contribution in [-0.4, -0.2) is 32.7 Å². The number of likely N-dealkylation sites (tertiary alicyclic amines) is 1. The van der Waals surface area contributed by atoms with Crippen LogP contribution in [0, 0.1) is 0 Å². The zero-order valence-corrected chi connectivity index (χ0v) is 14.4. The van der Waals surface area contributed by atoms with Crippen molar-refractivity contribution in [3.63, 3.8) is 0 Å². The Kier molecular flexibility index (Phi) is 4.95. The van der Waals surface area contributed by atoms with Crippen LogP contribution in [-0.2, 0) is 6.42 Å². The van der Waals surface area contributed by atoms with Crippen molar-refractivity contribution < 1.29 is 4.79 Å². The predicted molar refractivity (Wildman–Crippen MR) is 90.3 cm³/mol. The van der Waals surface area contributed by atoms with E-state index in [1.54, 1.807) is 11.3 Å². The zero-order valence-electron chi connectivity index (χ0n) is 13.6. The van der Waals surface area contributed by atoms with Crippen molar-refractivity contribution >= 4 is 17.4 Å². The Bertz CT molecular complexity index is 639. The Morgan fingerprint density at radius 1 is 1.52 bits per heavy atom.